The number of hydrogen-bond acceptors (Lipinski definition) is 5. The number of nitrogens with zero attached hydrogens (tertiary/aromatic N) is 1. The lowest BCUT2D eigenvalue weighted by atomic mass is 9.98. The van der Waals surface area contributed by atoms with Crippen LogP contribution in [-0.4, -0.2) is 67.4 Å². The number of alkyl carbamates (subject to hydrolysis) is 1. The van der Waals surface area contributed by atoms with Crippen LogP contribution in [0.5, 0.6) is 0 Å². The van der Waals surface area contributed by atoms with Crippen molar-refractivity contribution in [3.8, 4) is 11.1 Å². The molecule has 2 N–H and O–H groups in total. The largest absolute Gasteiger partial charge is 0.480 e. The number of hydrogen-bond donors (Lipinski definition) is 2. The Labute approximate surface area is 198 Å². The third kappa shape index (κ3) is 5.56. The smallest absolute Gasteiger partial charge is 0.407 e. The van der Waals surface area contributed by atoms with Gasteiger partial charge in [0.1, 0.15) is 13.2 Å². The summed E-state index contributed by atoms with van der Waals surface area (Å²) >= 11 is 0. The van der Waals surface area contributed by atoms with E-state index in [0.717, 1.165) is 35.1 Å². The molecule has 0 aliphatic heterocycles. The number of fused-ring (bicyclic) bond motifs is 3. The molecule has 0 bridgehead atoms. The Bertz CT molecular complexity index is 1010. The lowest BCUT2D eigenvalue weighted by Gasteiger charge is -2.24. The Morgan fingerprint density at radius 2 is 1.68 bits per heavy atom. The van der Waals surface area contributed by atoms with Gasteiger partial charge in [0.2, 0.25) is 5.91 Å². The second kappa shape index (κ2) is 10.7. The quantitative estimate of drug-likeness (QED) is 0.527. The van der Waals surface area contributed by atoms with E-state index in [1.54, 1.807) is 0 Å². The van der Waals surface area contributed by atoms with Gasteiger partial charge in [-0.25, -0.2) is 4.79 Å². The zero-order valence-electron chi connectivity index (χ0n) is 19.2. The van der Waals surface area contributed by atoms with Crippen molar-refractivity contribution in [1.82, 2.24) is 10.2 Å². The Morgan fingerprint density at radius 1 is 1.06 bits per heavy atom. The maximum Gasteiger partial charge on any atom is 0.407 e. The summed E-state index contributed by atoms with van der Waals surface area (Å²) in [5.41, 5.74) is 4.58. The van der Waals surface area contributed by atoms with Crippen molar-refractivity contribution < 1.29 is 29.0 Å². The van der Waals surface area contributed by atoms with Crippen molar-refractivity contribution in [2.75, 3.05) is 33.4 Å². The Hall–Kier alpha value is -3.39. The summed E-state index contributed by atoms with van der Waals surface area (Å²) in [4.78, 5) is 37.9. The first-order valence-corrected chi connectivity index (χ1v) is 11.6. The van der Waals surface area contributed by atoms with Crippen LogP contribution < -0.4 is 5.32 Å². The molecule has 1 fully saturated rings. The van der Waals surface area contributed by atoms with Gasteiger partial charge in [-0.3, -0.25) is 9.59 Å². The minimum atomic E-state index is -1.09. The maximum absolute atomic E-state index is 12.8. The van der Waals surface area contributed by atoms with E-state index >= 15 is 0 Å². The molecule has 0 saturated heterocycles. The second-order valence-corrected chi connectivity index (χ2v) is 8.82. The van der Waals surface area contributed by atoms with Crippen LogP contribution >= 0.6 is 0 Å². The molecule has 8 nitrogen and oxygen atoms in total. The molecule has 1 unspecified atom stereocenters. The first kappa shape index (κ1) is 23.8. The standard InChI is InChI=1S/C26H30N2O6/c1-33-13-12-28(15-25(30)31)24(29)14-23(17-10-11-17)27-26(32)34-16-22-20-8-4-2-6-18(20)19-7-3-5-9-21(19)22/h2-9,17,22-23H,10-16H2,1H3,(H,27,32)(H,30,31). The Balaban J connectivity index is 1.37. The summed E-state index contributed by atoms with van der Waals surface area (Å²) in [6, 6.07) is 15.9. The fraction of sp³-hybridized carbons (Fsp3) is 0.423. The van der Waals surface area contributed by atoms with Crippen LogP contribution in [0.4, 0.5) is 4.79 Å². The summed E-state index contributed by atoms with van der Waals surface area (Å²) in [6.07, 6.45) is 1.30. The third-order valence-electron chi connectivity index (χ3n) is 6.48. The molecule has 2 aliphatic rings. The van der Waals surface area contributed by atoms with Gasteiger partial charge in [0.25, 0.3) is 0 Å². The predicted molar refractivity (Wildman–Crippen MR) is 125 cm³/mol. The SMILES string of the molecule is COCCN(CC(=O)O)C(=O)CC(NC(=O)OCC1c2ccccc2-c2ccccc21)C1CC1. The lowest BCUT2D eigenvalue weighted by Crippen LogP contribution is -2.44. The van der Waals surface area contributed by atoms with Crippen LogP contribution in [0.3, 0.4) is 0 Å². The monoisotopic (exact) mass is 466 g/mol. The average molecular weight is 467 g/mol. The molecule has 1 atom stereocenters. The fourth-order valence-corrected chi connectivity index (χ4v) is 4.60. The molecule has 4 rings (SSSR count). The van der Waals surface area contributed by atoms with Crippen molar-refractivity contribution in [2.24, 2.45) is 5.92 Å². The number of carboxylic acids is 1. The molecule has 2 amide bonds. The molecule has 8 heteroatoms. The minimum Gasteiger partial charge on any atom is -0.480 e. The van der Waals surface area contributed by atoms with Crippen molar-refractivity contribution >= 4 is 18.0 Å². The Morgan fingerprint density at radius 3 is 2.24 bits per heavy atom. The highest BCUT2D eigenvalue weighted by molar-refractivity contribution is 5.82. The highest BCUT2D eigenvalue weighted by Gasteiger charge is 2.36. The topological polar surface area (TPSA) is 105 Å². The van der Waals surface area contributed by atoms with Crippen LogP contribution in [0.25, 0.3) is 11.1 Å². The average Bonchev–Trinajstić information content (AvgIpc) is 3.63. The molecule has 1 saturated carbocycles. The van der Waals surface area contributed by atoms with E-state index in [2.05, 4.69) is 29.6 Å². The number of ether oxygens (including phenoxy) is 2. The molecule has 2 aromatic carbocycles. The first-order chi connectivity index (χ1) is 16.5. The number of carboxylic acid groups (broad SMARTS) is 1. The number of rotatable bonds is 11. The zero-order chi connectivity index (χ0) is 24.1. The molecule has 0 aromatic heterocycles. The highest BCUT2D eigenvalue weighted by atomic mass is 16.5. The first-order valence-electron chi connectivity index (χ1n) is 11.6. The molecular weight excluding hydrogens is 436 g/mol. The van der Waals surface area contributed by atoms with Crippen LogP contribution in [-0.2, 0) is 19.1 Å². The van der Waals surface area contributed by atoms with Gasteiger partial charge in [-0.1, -0.05) is 48.5 Å². The van der Waals surface area contributed by atoms with Crippen LogP contribution in [0.15, 0.2) is 48.5 Å². The second-order valence-electron chi connectivity index (χ2n) is 8.82. The molecule has 0 radical (unpaired) electrons. The van der Waals surface area contributed by atoms with Gasteiger partial charge >= 0.3 is 12.1 Å². The minimum absolute atomic E-state index is 0.0336. The van der Waals surface area contributed by atoms with Gasteiger partial charge in [0.15, 0.2) is 0 Å². The van der Waals surface area contributed by atoms with E-state index in [1.165, 1.54) is 12.0 Å². The number of carbonyl (C=O) groups is 3. The summed E-state index contributed by atoms with van der Waals surface area (Å²) in [6.45, 7) is 0.228. The van der Waals surface area contributed by atoms with E-state index < -0.39 is 18.6 Å². The van der Waals surface area contributed by atoms with Crippen molar-refractivity contribution in [3.05, 3.63) is 59.7 Å². The number of amides is 2. The van der Waals surface area contributed by atoms with Gasteiger partial charge in [-0.05, 0) is 41.0 Å². The highest BCUT2D eigenvalue weighted by Crippen LogP contribution is 2.44. The Kier molecular flexibility index (Phi) is 7.47. The lowest BCUT2D eigenvalue weighted by molar-refractivity contribution is -0.145. The van der Waals surface area contributed by atoms with Gasteiger partial charge in [-0.2, -0.15) is 0 Å². The molecule has 34 heavy (non-hydrogen) atoms. The van der Waals surface area contributed by atoms with Crippen molar-refractivity contribution in [3.63, 3.8) is 0 Å². The third-order valence-corrected chi connectivity index (χ3v) is 6.48. The fourth-order valence-electron chi connectivity index (χ4n) is 4.60. The molecule has 2 aliphatic carbocycles. The van der Waals surface area contributed by atoms with E-state index in [1.807, 2.05) is 24.3 Å². The number of nitrogens with one attached hydrogen (secondary N) is 1. The summed E-state index contributed by atoms with van der Waals surface area (Å²) < 4.78 is 10.6. The normalized spacial score (nSPS) is 15.2. The number of benzene rings is 2. The molecule has 180 valence electrons. The van der Waals surface area contributed by atoms with E-state index in [0.29, 0.717) is 0 Å². The maximum atomic E-state index is 12.8. The van der Waals surface area contributed by atoms with E-state index in [9.17, 15) is 14.4 Å². The number of aliphatic carboxylic acids is 1. The summed E-state index contributed by atoms with van der Waals surface area (Å²) in [7, 11) is 1.50. The summed E-state index contributed by atoms with van der Waals surface area (Å²) in [5.74, 6) is -1.26. The zero-order valence-corrected chi connectivity index (χ0v) is 19.2. The van der Waals surface area contributed by atoms with Gasteiger partial charge < -0.3 is 24.8 Å². The van der Waals surface area contributed by atoms with Gasteiger partial charge in [0, 0.05) is 32.0 Å². The number of carbonyl (C=O) groups excluding carboxylic acids is 2. The van der Waals surface area contributed by atoms with Crippen LogP contribution in [0, 0.1) is 5.92 Å². The van der Waals surface area contributed by atoms with Crippen LogP contribution in [0.2, 0.25) is 0 Å². The van der Waals surface area contributed by atoms with Crippen LogP contribution in [0.1, 0.15) is 36.3 Å². The summed E-state index contributed by atoms with van der Waals surface area (Å²) in [5, 5.41) is 12.0. The predicted octanol–water partition coefficient (Wildman–Crippen LogP) is 3.25. The van der Waals surface area contributed by atoms with Crippen molar-refractivity contribution in [2.45, 2.75) is 31.2 Å². The number of methoxy groups -OCH3 is 1. The molecule has 0 spiro atoms. The molecule has 2 aromatic rings. The molecular formula is C26H30N2O6. The van der Waals surface area contributed by atoms with Gasteiger partial charge in [-0.15, -0.1) is 0 Å². The van der Waals surface area contributed by atoms with Crippen molar-refractivity contribution in [1.29, 1.82) is 0 Å². The van der Waals surface area contributed by atoms with E-state index in [-0.39, 0.29) is 50.0 Å². The molecule has 0 heterocycles. The van der Waals surface area contributed by atoms with E-state index in [4.69, 9.17) is 14.6 Å². The van der Waals surface area contributed by atoms with Gasteiger partial charge in [0.05, 0.1) is 6.61 Å².